The van der Waals surface area contributed by atoms with Gasteiger partial charge < -0.3 is 14.2 Å². The monoisotopic (exact) mass is 1050 g/mol. The molecular formula is C70H118O6. The van der Waals surface area contributed by atoms with E-state index in [2.05, 4.69) is 118 Å². The van der Waals surface area contributed by atoms with E-state index in [-0.39, 0.29) is 31.6 Å². The third-order valence-corrected chi connectivity index (χ3v) is 13.6. The quantitative estimate of drug-likeness (QED) is 0.0261. The molecule has 0 aromatic rings. The number of carbonyl (C=O) groups is 3. The van der Waals surface area contributed by atoms with Gasteiger partial charge in [0.25, 0.3) is 0 Å². The van der Waals surface area contributed by atoms with Crippen LogP contribution in [0.2, 0.25) is 0 Å². The van der Waals surface area contributed by atoms with Crippen LogP contribution in [-0.4, -0.2) is 37.2 Å². The topological polar surface area (TPSA) is 78.9 Å². The summed E-state index contributed by atoms with van der Waals surface area (Å²) in [5.41, 5.74) is 0. The molecule has 1 unspecified atom stereocenters. The Bertz CT molecular complexity index is 1540. The molecule has 6 nitrogen and oxygen atoms in total. The maximum Gasteiger partial charge on any atom is 0.309 e. The van der Waals surface area contributed by atoms with E-state index in [9.17, 15) is 14.4 Å². The number of unbranched alkanes of at least 4 members (excludes halogenated alkanes) is 29. The van der Waals surface area contributed by atoms with Crippen molar-refractivity contribution >= 4 is 17.9 Å². The molecular weight excluding hydrogens is 937 g/mol. The minimum Gasteiger partial charge on any atom is -0.462 e. The van der Waals surface area contributed by atoms with Gasteiger partial charge in [0.15, 0.2) is 6.10 Å². The van der Waals surface area contributed by atoms with Crippen molar-refractivity contribution in [2.45, 2.75) is 303 Å². The van der Waals surface area contributed by atoms with Crippen molar-refractivity contribution in [3.05, 3.63) is 109 Å². The zero-order valence-corrected chi connectivity index (χ0v) is 49.7. The van der Waals surface area contributed by atoms with Gasteiger partial charge in [-0.1, -0.05) is 304 Å². The van der Waals surface area contributed by atoms with Gasteiger partial charge in [-0.15, -0.1) is 0 Å². The Morgan fingerprint density at radius 2 is 0.566 bits per heavy atom. The first-order valence-electron chi connectivity index (χ1n) is 31.9. The Morgan fingerprint density at radius 1 is 0.289 bits per heavy atom. The molecule has 0 saturated carbocycles. The highest BCUT2D eigenvalue weighted by Gasteiger charge is 2.19. The highest BCUT2D eigenvalue weighted by Crippen LogP contribution is 2.17. The molecule has 0 aliphatic heterocycles. The lowest BCUT2D eigenvalue weighted by Crippen LogP contribution is -2.30. The van der Waals surface area contributed by atoms with Crippen molar-refractivity contribution in [3.63, 3.8) is 0 Å². The van der Waals surface area contributed by atoms with Crippen molar-refractivity contribution in [1.82, 2.24) is 0 Å². The number of ether oxygens (including phenoxy) is 3. The van der Waals surface area contributed by atoms with Crippen molar-refractivity contribution in [3.8, 4) is 0 Å². The molecule has 0 radical (unpaired) electrons. The van der Waals surface area contributed by atoms with Crippen molar-refractivity contribution in [2.24, 2.45) is 0 Å². The van der Waals surface area contributed by atoms with E-state index in [1.807, 2.05) is 6.08 Å². The van der Waals surface area contributed by atoms with Crippen molar-refractivity contribution < 1.29 is 28.6 Å². The van der Waals surface area contributed by atoms with E-state index >= 15 is 0 Å². The molecule has 0 N–H and O–H groups in total. The van der Waals surface area contributed by atoms with E-state index in [1.165, 1.54) is 154 Å². The molecule has 1 atom stereocenters. The van der Waals surface area contributed by atoms with E-state index < -0.39 is 12.1 Å². The van der Waals surface area contributed by atoms with Gasteiger partial charge in [0.2, 0.25) is 0 Å². The average molecular weight is 1060 g/mol. The van der Waals surface area contributed by atoms with Crippen LogP contribution >= 0.6 is 0 Å². The van der Waals surface area contributed by atoms with Crippen LogP contribution < -0.4 is 0 Å². The summed E-state index contributed by atoms with van der Waals surface area (Å²) in [7, 11) is 0. The minimum absolute atomic E-state index is 0.110. The van der Waals surface area contributed by atoms with Crippen LogP contribution in [-0.2, 0) is 28.6 Å². The molecule has 0 aromatic heterocycles. The molecule has 0 amide bonds. The van der Waals surface area contributed by atoms with Gasteiger partial charge in [-0.05, 0) is 83.5 Å². The highest BCUT2D eigenvalue weighted by molar-refractivity contribution is 5.72. The molecule has 0 bridgehead atoms. The standard InChI is InChI=1S/C70H118O6/c1-4-7-10-13-16-19-22-25-28-30-32-34-36-37-39-42-45-48-51-54-57-60-63-69(72)75-66-67(65-74-68(71)62-59-56-53-50-47-44-41-27-24-21-18-15-12-9-6-3)76-70(73)64-61-58-55-52-49-46-43-40-38-35-33-31-29-26-23-20-17-14-11-8-5-2/h8-9,11-12,17-18,20-21,26-27,29,33,35,41,47,50,56,59,67H,4-7,10,13-16,19,22-25,28,30-32,34,36-40,42-46,48-49,51-55,57-58,60-66H2,1-3H3/b11-8-,12-9-,20-17-,21-18-,29-26-,35-33-,41-27-,50-47-,59-56-. The van der Waals surface area contributed by atoms with Crippen LogP contribution in [0, 0.1) is 0 Å². The number of hydrogen-bond donors (Lipinski definition) is 0. The average Bonchev–Trinajstić information content (AvgIpc) is 3.42. The van der Waals surface area contributed by atoms with Crippen LogP contribution in [0.15, 0.2) is 109 Å². The summed E-state index contributed by atoms with van der Waals surface area (Å²) in [6.07, 6.45) is 87.0. The lowest BCUT2D eigenvalue weighted by atomic mass is 10.0. The van der Waals surface area contributed by atoms with Crippen LogP contribution in [0.5, 0.6) is 0 Å². The lowest BCUT2D eigenvalue weighted by molar-refractivity contribution is -0.166. The summed E-state index contributed by atoms with van der Waals surface area (Å²) in [5.74, 6) is -1.04. The number of rotatable bonds is 57. The fraction of sp³-hybridized carbons (Fsp3) is 0.700. The van der Waals surface area contributed by atoms with E-state index in [4.69, 9.17) is 14.2 Å². The third kappa shape index (κ3) is 60.9. The summed E-state index contributed by atoms with van der Waals surface area (Å²) in [5, 5.41) is 0. The Morgan fingerprint density at radius 3 is 0.921 bits per heavy atom. The highest BCUT2D eigenvalue weighted by atomic mass is 16.6. The van der Waals surface area contributed by atoms with Gasteiger partial charge in [0, 0.05) is 12.8 Å². The Labute approximate surface area is 470 Å². The van der Waals surface area contributed by atoms with Gasteiger partial charge in [-0.3, -0.25) is 14.4 Å². The van der Waals surface area contributed by atoms with Crippen molar-refractivity contribution in [2.75, 3.05) is 13.2 Å². The van der Waals surface area contributed by atoms with Crippen LogP contribution in [0.1, 0.15) is 297 Å². The van der Waals surface area contributed by atoms with Crippen LogP contribution in [0.3, 0.4) is 0 Å². The summed E-state index contributed by atoms with van der Waals surface area (Å²) in [4.78, 5) is 38.3. The van der Waals surface area contributed by atoms with Crippen molar-refractivity contribution in [1.29, 1.82) is 0 Å². The number of esters is 3. The van der Waals surface area contributed by atoms with Gasteiger partial charge >= 0.3 is 17.9 Å². The molecule has 0 aliphatic rings. The zero-order valence-electron chi connectivity index (χ0n) is 49.7. The van der Waals surface area contributed by atoms with Gasteiger partial charge in [-0.25, -0.2) is 0 Å². The summed E-state index contributed by atoms with van der Waals surface area (Å²) >= 11 is 0. The Kier molecular flexibility index (Phi) is 60.3. The fourth-order valence-corrected chi connectivity index (χ4v) is 8.86. The molecule has 0 spiro atoms. The van der Waals surface area contributed by atoms with Crippen LogP contribution in [0.4, 0.5) is 0 Å². The predicted molar refractivity (Wildman–Crippen MR) is 330 cm³/mol. The first kappa shape index (κ1) is 72.1. The second kappa shape index (κ2) is 63.6. The SMILES string of the molecule is CC/C=C\C/C=C\C/C=C\C/C=C\C/C=C\CC(=O)OCC(COC(=O)CCCCCCCCCCCCCCCCCCCCCCCC)OC(=O)CCCCCCCCCC/C=C\C/C=C\C/C=C\C/C=C\CC. The molecule has 0 aromatic carbocycles. The fourth-order valence-electron chi connectivity index (χ4n) is 8.86. The minimum atomic E-state index is -0.824. The molecule has 0 saturated heterocycles. The summed E-state index contributed by atoms with van der Waals surface area (Å²) < 4.78 is 16.8. The van der Waals surface area contributed by atoms with Gasteiger partial charge in [0.05, 0.1) is 6.42 Å². The molecule has 76 heavy (non-hydrogen) atoms. The molecule has 6 heteroatoms. The van der Waals surface area contributed by atoms with E-state index in [0.717, 1.165) is 103 Å². The first-order valence-corrected chi connectivity index (χ1v) is 31.9. The Hall–Kier alpha value is -3.93. The summed E-state index contributed by atoms with van der Waals surface area (Å²) in [6.45, 7) is 6.35. The largest absolute Gasteiger partial charge is 0.462 e. The summed E-state index contributed by atoms with van der Waals surface area (Å²) in [6, 6.07) is 0. The maximum absolute atomic E-state index is 12.9. The molecule has 0 aliphatic carbocycles. The second-order valence-corrected chi connectivity index (χ2v) is 20.9. The van der Waals surface area contributed by atoms with Gasteiger partial charge in [-0.2, -0.15) is 0 Å². The molecule has 0 rings (SSSR count). The maximum atomic E-state index is 12.9. The predicted octanol–water partition coefficient (Wildman–Crippen LogP) is 21.8. The number of hydrogen-bond acceptors (Lipinski definition) is 6. The lowest BCUT2D eigenvalue weighted by Gasteiger charge is -2.18. The van der Waals surface area contributed by atoms with Crippen LogP contribution in [0.25, 0.3) is 0 Å². The second-order valence-electron chi connectivity index (χ2n) is 20.9. The zero-order chi connectivity index (χ0) is 55.0. The molecule has 434 valence electrons. The number of carbonyl (C=O) groups excluding carboxylic acids is 3. The van der Waals surface area contributed by atoms with Gasteiger partial charge in [0.1, 0.15) is 13.2 Å². The molecule has 0 fully saturated rings. The molecule has 0 heterocycles. The smallest absolute Gasteiger partial charge is 0.309 e. The third-order valence-electron chi connectivity index (χ3n) is 13.6. The van der Waals surface area contributed by atoms with E-state index in [1.54, 1.807) is 6.08 Å². The first-order chi connectivity index (χ1) is 37.5. The Balaban J connectivity index is 4.43. The van der Waals surface area contributed by atoms with E-state index in [0.29, 0.717) is 12.8 Å². The number of allylic oxidation sites excluding steroid dienone is 17. The normalized spacial score (nSPS) is 12.8.